The number of anilines is 1. The summed E-state index contributed by atoms with van der Waals surface area (Å²) in [4.78, 5) is 18.6. The molecule has 2 heterocycles. The van der Waals surface area contributed by atoms with Gasteiger partial charge in [0.25, 0.3) is 5.91 Å². The Kier molecular flexibility index (Phi) is 3.59. The monoisotopic (exact) mass is 266 g/mol. The molecule has 0 saturated carbocycles. The second-order valence-corrected chi connectivity index (χ2v) is 5.97. The van der Waals surface area contributed by atoms with E-state index in [1.807, 2.05) is 25.3 Å². The fourth-order valence-corrected chi connectivity index (χ4v) is 3.01. The van der Waals surface area contributed by atoms with Crippen molar-refractivity contribution in [3.8, 4) is 0 Å². The van der Waals surface area contributed by atoms with Crippen LogP contribution >= 0.6 is 22.7 Å². The highest BCUT2D eigenvalue weighted by Crippen LogP contribution is 2.22. The summed E-state index contributed by atoms with van der Waals surface area (Å²) in [5.41, 5.74) is 1.70. The first-order chi connectivity index (χ1) is 8.10. The summed E-state index contributed by atoms with van der Waals surface area (Å²) in [6.45, 7) is 6.03. The number of hydrogen-bond donors (Lipinski definition) is 1. The molecule has 1 amide bonds. The molecule has 0 atom stereocenters. The van der Waals surface area contributed by atoms with E-state index in [0.717, 1.165) is 22.6 Å². The van der Waals surface area contributed by atoms with Crippen molar-refractivity contribution in [2.75, 3.05) is 5.32 Å². The molecule has 0 aliphatic carbocycles. The van der Waals surface area contributed by atoms with Gasteiger partial charge in [-0.2, -0.15) is 0 Å². The van der Waals surface area contributed by atoms with E-state index in [0.29, 0.717) is 5.13 Å². The molecule has 0 fully saturated rings. The number of nitrogens with one attached hydrogen (secondary N) is 1. The van der Waals surface area contributed by atoms with Gasteiger partial charge in [-0.25, -0.2) is 4.98 Å². The smallest absolute Gasteiger partial charge is 0.258 e. The molecule has 5 heteroatoms. The van der Waals surface area contributed by atoms with E-state index < -0.39 is 0 Å². The molecule has 0 aromatic carbocycles. The summed E-state index contributed by atoms with van der Waals surface area (Å²) in [5.74, 6) is -0.0744. The van der Waals surface area contributed by atoms with Gasteiger partial charge in [0, 0.05) is 15.1 Å². The lowest BCUT2D eigenvalue weighted by Gasteiger charge is -1.97. The Morgan fingerprint density at radius 2 is 2.24 bits per heavy atom. The molecule has 0 radical (unpaired) electrons. The second kappa shape index (κ2) is 4.98. The highest BCUT2D eigenvalue weighted by Gasteiger charge is 2.11. The fraction of sp³-hybridized carbons (Fsp3) is 0.333. The molecule has 17 heavy (non-hydrogen) atoms. The summed E-state index contributed by atoms with van der Waals surface area (Å²) >= 11 is 3.13. The van der Waals surface area contributed by atoms with Gasteiger partial charge in [0.05, 0.1) is 11.3 Å². The zero-order chi connectivity index (χ0) is 12.4. The maximum absolute atomic E-state index is 11.9. The van der Waals surface area contributed by atoms with Gasteiger partial charge in [-0.15, -0.1) is 22.7 Å². The van der Waals surface area contributed by atoms with Crippen molar-refractivity contribution in [3.63, 3.8) is 0 Å². The number of aromatic nitrogens is 1. The lowest BCUT2D eigenvalue weighted by Crippen LogP contribution is -2.10. The molecule has 0 aliphatic rings. The van der Waals surface area contributed by atoms with Crippen LogP contribution in [0.4, 0.5) is 5.13 Å². The minimum absolute atomic E-state index is 0.0744. The van der Waals surface area contributed by atoms with E-state index in [1.165, 1.54) is 16.2 Å². The van der Waals surface area contributed by atoms with Gasteiger partial charge >= 0.3 is 0 Å². The zero-order valence-corrected chi connectivity index (χ0v) is 11.7. The molecule has 2 aromatic heterocycles. The topological polar surface area (TPSA) is 42.0 Å². The Morgan fingerprint density at radius 3 is 2.76 bits per heavy atom. The van der Waals surface area contributed by atoms with Crippen molar-refractivity contribution in [2.24, 2.45) is 0 Å². The van der Waals surface area contributed by atoms with Gasteiger partial charge in [0.2, 0.25) is 0 Å². The second-order valence-electron chi connectivity index (χ2n) is 3.77. The predicted octanol–water partition coefficient (Wildman–Crippen LogP) is 3.64. The van der Waals surface area contributed by atoms with Crippen LogP contribution in [0.25, 0.3) is 0 Å². The number of rotatable bonds is 3. The molecule has 0 aliphatic heterocycles. The number of aryl methyl sites for hydroxylation is 3. The Morgan fingerprint density at radius 1 is 1.47 bits per heavy atom. The molecule has 0 bridgehead atoms. The Labute approximate surface area is 109 Å². The van der Waals surface area contributed by atoms with E-state index >= 15 is 0 Å². The first-order valence-electron chi connectivity index (χ1n) is 5.43. The van der Waals surface area contributed by atoms with E-state index in [2.05, 4.69) is 17.2 Å². The molecule has 3 nitrogen and oxygen atoms in total. The van der Waals surface area contributed by atoms with E-state index in [4.69, 9.17) is 0 Å². The number of carbonyl (C=O) groups excluding carboxylic acids is 1. The SMILES string of the molecule is CCc1cc(C(=O)Nc2nc(C)c(C)s2)cs1. The first-order valence-corrected chi connectivity index (χ1v) is 7.12. The van der Waals surface area contributed by atoms with Crippen molar-refractivity contribution in [2.45, 2.75) is 27.2 Å². The summed E-state index contributed by atoms with van der Waals surface area (Å²) in [5, 5.41) is 5.40. The van der Waals surface area contributed by atoms with Crippen LogP contribution in [0, 0.1) is 13.8 Å². The van der Waals surface area contributed by atoms with Crippen LogP contribution < -0.4 is 5.32 Å². The summed E-state index contributed by atoms with van der Waals surface area (Å²) < 4.78 is 0. The average molecular weight is 266 g/mol. The maximum atomic E-state index is 11.9. The number of hydrogen-bond acceptors (Lipinski definition) is 4. The zero-order valence-electron chi connectivity index (χ0n) is 10.0. The number of carbonyl (C=O) groups is 1. The van der Waals surface area contributed by atoms with Crippen LogP contribution in [0.15, 0.2) is 11.4 Å². The third kappa shape index (κ3) is 2.73. The quantitative estimate of drug-likeness (QED) is 0.921. The van der Waals surface area contributed by atoms with Crippen LogP contribution in [0.3, 0.4) is 0 Å². The molecule has 2 rings (SSSR count). The Balaban J connectivity index is 2.11. The van der Waals surface area contributed by atoms with Gasteiger partial charge in [-0.1, -0.05) is 6.92 Å². The van der Waals surface area contributed by atoms with Crippen molar-refractivity contribution in [1.29, 1.82) is 0 Å². The lowest BCUT2D eigenvalue weighted by atomic mass is 10.3. The minimum atomic E-state index is -0.0744. The van der Waals surface area contributed by atoms with Gasteiger partial charge in [-0.05, 0) is 26.3 Å². The normalized spacial score (nSPS) is 10.5. The van der Waals surface area contributed by atoms with Crippen LogP contribution in [0.2, 0.25) is 0 Å². The molecule has 1 N–H and O–H groups in total. The Bertz CT molecular complexity index is 523. The summed E-state index contributed by atoms with van der Waals surface area (Å²) in [6.07, 6.45) is 0.966. The van der Waals surface area contributed by atoms with Gasteiger partial charge in [0.15, 0.2) is 5.13 Å². The number of thiophene rings is 1. The highest BCUT2D eigenvalue weighted by atomic mass is 32.1. The van der Waals surface area contributed by atoms with Crippen LogP contribution in [-0.4, -0.2) is 10.9 Å². The third-order valence-electron chi connectivity index (χ3n) is 2.51. The first kappa shape index (κ1) is 12.3. The number of amides is 1. The van der Waals surface area contributed by atoms with Crippen LogP contribution in [0.5, 0.6) is 0 Å². The molecule has 2 aromatic rings. The number of nitrogens with zero attached hydrogens (tertiary/aromatic N) is 1. The predicted molar refractivity (Wildman–Crippen MR) is 73.2 cm³/mol. The molecular weight excluding hydrogens is 252 g/mol. The molecular formula is C12H14N2OS2. The van der Waals surface area contributed by atoms with Crippen molar-refractivity contribution in [3.05, 3.63) is 32.5 Å². The minimum Gasteiger partial charge on any atom is -0.298 e. The lowest BCUT2D eigenvalue weighted by molar-refractivity contribution is 0.102. The third-order valence-corrected chi connectivity index (χ3v) is 4.58. The van der Waals surface area contributed by atoms with Crippen LogP contribution in [0.1, 0.15) is 32.7 Å². The number of thiazole rings is 1. The average Bonchev–Trinajstić information content (AvgIpc) is 2.87. The van der Waals surface area contributed by atoms with E-state index in [1.54, 1.807) is 11.3 Å². The van der Waals surface area contributed by atoms with Crippen molar-refractivity contribution >= 4 is 33.7 Å². The van der Waals surface area contributed by atoms with Gasteiger partial charge < -0.3 is 0 Å². The molecule has 0 unspecified atom stereocenters. The van der Waals surface area contributed by atoms with E-state index in [-0.39, 0.29) is 5.91 Å². The van der Waals surface area contributed by atoms with Crippen LogP contribution in [-0.2, 0) is 6.42 Å². The molecule has 90 valence electrons. The van der Waals surface area contributed by atoms with Crippen molar-refractivity contribution in [1.82, 2.24) is 4.98 Å². The maximum Gasteiger partial charge on any atom is 0.258 e. The van der Waals surface area contributed by atoms with E-state index in [9.17, 15) is 4.79 Å². The van der Waals surface area contributed by atoms with Gasteiger partial charge in [-0.3, -0.25) is 10.1 Å². The fourth-order valence-electron chi connectivity index (χ4n) is 1.38. The summed E-state index contributed by atoms with van der Waals surface area (Å²) in [7, 11) is 0. The van der Waals surface area contributed by atoms with Crippen molar-refractivity contribution < 1.29 is 4.79 Å². The highest BCUT2D eigenvalue weighted by molar-refractivity contribution is 7.15. The largest absolute Gasteiger partial charge is 0.298 e. The molecule has 0 saturated heterocycles. The molecule has 0 spiro atoms. The van der Waals surface area contributed by atoms with Gasteiger partial charge in [0.1, 0.15) is 0 Å². The Hall–Kier alpha value is -1.20. The standard InChI is InChI=1S/C12H14N2OS2/c1-4-10-5-9(6-16-10)11(15)14-12-13-7(2)8(3)17-12/h5-6H,4H2,1-3H3,(H,13,14,15). The summed E-state index contributed by atoms with van der Waals surface area (Å²) in [6, 6.07) is 1.94.